The zero-order valence-corrected chi connectivity index (χ0v) is 15.5. The number of benzene rings is 2. The van der Waals surface area contributed by atoms with Gasteiger partial charge in [0.1, 0.15) is 6.42 Å². The Bertz CT molecular complexity index is 782. The van der Waals surface area contributed by atoms with Crippen molar-refractivity contribution < 1.29 is 19.1 Å². The highest BCUT2D eigenvalue weighted by molar-refractivity contribution is 6.04. The van der Waals surface area contributed by atoms with Crippen LogP contribution in [-0.4, -0.2) is 26.0 Å². The van der Waals surface area contributed by atoms with Crippen LogP contribution >= 0.6 is 0 Å². The van der Waals surface area contributed by atoms with Crippen LogP contribution in [0.4, 0.5) is 5.69 Å². The number of ether oxygens (including phenoxy) is 2. The molecule has 26 heavy (non-hydrogen) atoms. The highest BCUT2D eigenvalue weighted by Crippen LogP contribution is 2.27. The van der Waals surface area contributed by atoms with Crippen LogP contribution in [0.25, 0.3) is 0 Å². The molecule has 0 bridgehead atoms. The lowest BCUT2D eigenvalue weighted by Gasteiger charge is -2.12. The third kappa shape index (κ3) is 4.99. The molecule has 0 aliphatic heterocycles. The van der Waals surface area contributed by atoms with Crippen molar-refractivity contribution in [3.8, 4) is 11.5 Å². The predicted octanol–water partition coefficient (Wildman–Crippen LogP) is 2.97. The molecule has 2 N–H and O–H groups in total. The lowest BCUT2D eigenvalue weighted by molar-refractivity contribution is -0.126. The van der Waals surface area contributed by atoms with E-state index in [2.05, 4.69) is 10.6 Å². The number of hydrogen-bond acceptors (Lipinski definition) is 4. The van der Waals surface area contributed by atoms with Gasteiger partial charge >= 0.3 is 0 Å². The first kappa shape index (κ1) is 19.3. The molecule has 0 radical (unpaired) electrons. The fraction of sp³-hybridized carbons (Fsp3) is 0.300. The van der Waals surface area contributed by atoms with E-state index in [1.807, 2.05) is 38.1 Å². The molecule has 0 unspecified atom stereocenters. The summed E-state index contributed by atoms with van der Waals surface area (Å²) in [6.07, 6.45) is -0.235. The van der Waals surface area contributed by atoms with Crippen LogP contribution in [0.5, 0.6) is 11.5 Å². The molecule has 0 aliphatic rings. The SMILES string of the molecule is COc1ccc(CNC(=O)CC(=O)Nc2c(C)cccc2C)cc1OC. The van der Waals surface area contributed by atoms with E-state index >= 15 is 0 Å². The van der Waals surface area contributed by atoms with E-state index < -0.39 is 0 Å². The Labute approximate surface area is 153 Å². The average Bonchev–Trinajstić information content (AvgIpc) is 2.62. The molecule has 0 atom stereocenters. The molecule has 6 heteroatoms. The van der Waals surface area contributed by atoms with Crippen LogP contribution < -0.4 is 20.1 Å². The van der Waals surface area contributed by atoms with Gasteiger partial charge in [-0.25, -0.2) is 0 Å². The second kappa shape index (κ2) is 8.89. The maximum absolute atomic E-state index is 12.1. The monoisotopic (exact) mass is 356 g/mol. The average molecular weight is 356 g/mol. The van der Waals surface area contributed by atoms with Gasteiger partial charge in [-0.1, -0.05) is 24.3 Å². The molecule has 0 fully saturated rings. The number of nitrogens with one attached hydrogen (secondary N) is 2. The lowest BCUT2D eigenvalue weighted by Crippen LogP contribution is -2.28. The van der Waals surface area contributed by atoms with E-state index in [4.69, 9.17) is 9.47 Å². The predicted molar refractivity (Wildman–Crippen MR) is 101 cm³/mol. The Morgan fingerprint density at radius 1 is 0.923 bits per heavy atom. The normalized spacial score (nSPS) is 10.2. The minimum atomic E-state index is -0.344. The van der Waals surface area contributed by atoms with Gasteiger partial charge in [-0.15, -0.1) is 0 Å². The Hall–Kier alpha value is -3.02. The minimum absolute atomic E-state index is 0.235. The van der Waals surface area contributed by atoms with Crippen LogP contribution in [0.3, 0.4) is 0 Å². The molecule has 2 amide bonds. The lowest BCUT2D eigenvalue weighted by atomic mass is 10.1. The molecule has 138 valence electrons. The van der Waals surface area contributed by atoms with E-state index in [1.165, 1.54) is 0 Å². The number of rotatable bonds is 7. The molecule has 2 aromatic carbocycles. The molecular weight excluding hydrogens is 332 g/mol. The maximum Gasteiger partial charge on any atom is 0.233 e. The van der Waals surface area contributed by atoms with Gasteiger partial charge in [-0.2, -0.15) is 0 Å². The smallest absolute Gasteiger partial charge is 0.233 e. The Kier molecular flexibility index (Phi) is 6.60. The molecular formula is C20H24N2O4. The fourth-order valence-electron chi connectivity index (χ4n) is 2.59. The Morgan fingerprint density at radius 2 is 1.58 bits per heavy atom. The third-order valence-corrected chi connectivity index (χ3v) is 4.00. The molecule has 6 nitrogen and oxygen atoms in total. The van der Waals surface area contributed by atoms with Crippen LogP contribution in [0.1, 0.15) is 23.1 Å². The van der Waals surface area contributed by atoms with Crippen LogP contribution in [-0.2, 0) is 16.1 Å². The number of carbonyl (C=O) groups excluding carboxylic acids is 2. The van der Waals surface area contributed by atoms with Gasteiger partial charge in [-0.3, -0.25) is 9.59 Å². The number of para-hydroxylation sites is 1. The van der Waals surface area contributed by atoms with Gasteiger partial charge in [0, 0.05) is 12.2 Å². The summed E-state index contributed by atoms with van der Waals surface area (Å²) in [5, 5.41) is 5.54. The Morgan fingerprint density at radius 3 is 2.19 bits per heavy atom. The van der Waals surface area contributed by atoms with Gasteiger partial charge in [0.25, 0.3) is 0 Å². The summed E-state index contributed by atoms with van der Waals surface area (Å²) in [5.74, 6) is 0.526. The highest BCUT2D eigenvalue weighted by Gasteiger charge is 2.12. The first-order chi connectivity index (χ1) is 12.4. The molecule has 0 aromatic heterocycles. The third-order valence-electron chi connectivity index (χ3n) is 4.00. The van der Waals surface area contributed by atoms with Crippen molar-refractivity contribution in [3.05, 3.63) is 53.1 Å². The zero-order valence-electron chi connectivity index (χ0n) is 15.5. The van der Waals surface area contributed by atoms with Crippen molar-refractivity contribution in [2.24, 2.45) is 0 Å². The number of amides is 2. The number of hydrogen-bond donors (Lipinski definition) is 2. The molecule has 0 saturated carbocycles. The van der Waals surface area contributed by atoms with E-state index in [9.17, 15) is 9.59 Å². The zero-order chi connectivity index (χ0) is 19.1. The summed E-state index contributed by atoms with van der Waals surface area (Å²) in [6, 6.07) is 11.2. The fourth-order valence-corrected chi connectivity index (χ4v) is 2.59. The second-order valence-corrected chi connectivity index (χ2v) is 5.96. The minimum Gasteiger partial charge on any atom is -0.493 e. The number of methoxy groups -OCH3 is 2. The van der Waals surface area contributed by atoms with Gasteiger partial charge in [0.05, 0.1) is 14.2 Å². The summed E-state index contributed by atoms with van der Waals surface area (Å²) >= 11 is 0. The van der Waals surface area contributed by atoms with Crippen molar-refractivity contribution >= 4 is 17.5 Å². The highest BCUT2D eigenvalue weighted by atomic mass is 16.5. The van der Waals surface area contributed by atoms with Crippen molar-refractivity contribution in [1.82, 2.24) is 5.32 Å². The van der Waals surface area contributed by atoms with E-state index in [-0.39, 0.29) is 18.2 Å². The summed E-state index contributed by atoms with van der Waals surface area (Å²) in [7, 11) is 3.12. The number of anilines is 1. The van der Waals surface area contributed by atoms with Crippen LogP contribution in [0, 0.1) is 13.8 Å². The van der Waals surface area contributed by atoms with Gasteiger partial charge in [-0.05, 0) is 42.7 Å². The molecule has 2 aromatic rings. The van der Waals surface area contributed by atoms with Gasteiger partial charge in [0.2, 0.25) is 11.8 Å². The van der Waals surface area contributed by atoms with Gasteiger partial charge < -0.3 is 20.1 Å². The Balaban J connectivity index is 1.89. The van der Waals surface area contributed by atoms with Crippen molar-refractivity contribution in [3.63, 3.8) is 0 Å². The molecule has 0 saturated heterocycles. The maximum atomic E-state index is 12.1. The van der Waals surface area contributed by atoms with Gasteiger partial charge in [0.15, 0.2) is 11.5 Å². The molecule has 2 rings (SSSR count). The summed E-state index contributed by atoms with van der Waals surface area (Å²) in [4.78, 5) is 24.2. The van der Waals surface area contributed by atoms with Crippen molar-refractivity contribution in [1.29, 1.82) is 0 Å². The molecule has 0 spiro atoms. The van der Waals surface area contributed by atoms with Crippen molar-refractivity contribution in [2.45, 2.75) is 26.8 Å². The van der Waals surface area contributed by atoms with E-state index in [0.29, 0.717) is 18.0 Å². The standard InChI is InChI=1S/C20H24N2O4/c1-13-6-5-7-14(2)20(13)22-19(24)11-18(23)21-12-15-8-9-16(25-3)17(10-15)26-4/h5-10H,11-12H2,1-4H3,(H,21,23)(H,22,24). The summed E-state index contributed by atoms with van der Waals surface area (Å²) in [6.45, 7) is 4.13. The quantitative estimate of drug-likeness (QED) is 0.748. The van der Waals surface area contributed by atoms with Crippen molar-refractivity contribution in [2.75, 3.05) is 19.5 Å². The van der Waals surface area contributed by atoms with Crippen LogP contribution in [0.15, 0.2) is 36.4 Å². The molecule has 0 aliphatic carbocycles. The largest absolute Gasteiger partial charge is 0.493 e. The molecule has 0 heterocycles. The van der Waals surface area contributed by atoms with E-state index in [0.717, 1.165) is 22.4 Å². The summed E-state index contributed by atoms with van der Waals surface area (Å²) in [5.41, 5.74) is 3.53. The first-order valence-electron chi connectivity index (χ1n) is 8.28. The topological polar surface area (TPSA) is 76.7 Å². The summed E-state index contributed by atoms with van der Waals surface area (Å²) < 4.78 is 10.4. The van der Waals surface area contributed by atoms with Crippen LogP contribution in [0.2, 0.25) is 0 Å². The number of aryl methyl sites for hydroxylation is 2. The van der Waals surface area contributed by atoms with E-state index in [1.54, 1.807) is 26.4 Å². The first-order valence-corrected chi connectivity index (χ1v) is 8.28. The second-order valence-electron chi connectivity index (χ2n) is 5.96. The number of carbonyl (C=O) groups is 2.